The Morgan fingerprint density at radius 2 is 2.16 bits per heavy atom. The van der Waals surface area contributed by atoms with E-state index < -0.39 is 11.5 Å². The Labute approximate surface area is 110 Å². The van der Waals surface area contributed by atoms with Crippen LogP contribution in [-0.4, -0.2) is 39.7 Å². The second-order valence-corrected chi connectivity index (χ2v) is 5.02. The van der Waals surface area contributed by atoms with Gasteiger partial charge >= 0.3 is 5.97 Å². The number of hydrogen-bond donors (Lipinski definition) is 3. The van der Waals surface area contributed by atoms with Crippen LogP contribution in [0, 0.1) is 0 Å². The average molecular weight is 260 g/mol. The van der Waals surface area contributed by atoms with Gasteiger partial charge in [0, 0.05) is 36.6 Å². The van der Waals surface area contributed by atoms with Crippen molar-refractivity contribution in [1.82, 2.24) is 9.97 Å². The molecule has 0 aromatic carbocycles. The van der Waals surface area contributed by atoms with Gasteiger partial charge in [0.25, 0.3) is 0 Å². The van der Waals surface area contributed by atoms with Crippen LogP contribution in [0.15, 0.2) is 24.5 Å². The van der Waals surface area contributed by atoms with Crippen molar-refractivity contribution in [3.63, 3.8) is 0 Å². The lowest BCUT2D eigenvalue weighted by atomic mass is 9.88. The molecular formula is C13H16N4O2. The molecule has 0 atom stereocenters. The fourth-order valence-electron chi connectivity index (χ4n) is 2.58. The highest BCUT2D eigenvalue weighted by atomic mass is 16.4. The Morgan fingerprint density at radius 1 is 1.42 bits per heavy atom. The van der Waals surface area contributed by atoms with Gasteiger partial charge in [-0.15, -0.1) is 0 Å². The lowest BCUT2D eigenvalue weighted by Crippen LogP contribution is -2.55. The third kappa shape index (κ3) is 1.94. The maximum atomic E-state index is 11.1. The number of H-pyrrole nitrogens is 1. The van der Waals surface area contributed by atoms with Gasteiger partial charge in [-0.25, -0.2) is 4.98 Å². The first-order valence-electron chi connectivity index (χ1n) is 6.29. The molecule has 3 rings (SSSR count). The summed E-state index contributed by atoms with van der Waals surface area (Å²) < 4.78 is 0. The van der Waals surface area contributed by atoms with Gasteiger partial charge < -0.3 is 20.7 Å². The van der Waals surface area contributed by atoms with Crippen molar-refractivity contribution in [2.75, 3.05) is 18.0 Å². The highest BCUT2D eigenvalue weighted by molar-refractivity contribution is 5.90. The minimum Gasteiger partial charge on any atom is -0.480 e. The van der Waals surface area contributed by atoms with E-state index in [-0.39, 0.29) is 0 Å². The summed E-state index contributed by atoms with van der Waals surface area (Å²) in [6.45, 7) is 1.29. The number of nitrogens with zero attached hydrogens (tertiary/aromatic N) is 2. The Hall–Kier alpha value is -2.08. The number of nitrogens with one attached hydrogen (secondary N) is 1. The number of pyridine rings is 1. The fraction of sp³-hybridized carbons (Fsp3) is 0.385. The molecule has 100 valence electrons. The molecule has 6 nitrogen and oxygen atoms in total. The van der Waals surface area contributed by atoms with E-state index in [1.54, 1.807) is 6.20 Å². The molecule has 1 fully saturated rings. The van der Waals surface area contributed by atoms with Crippen LogP contribution < -0.4 is 10.6 Å². The number of carboxylic acids is 1. The van der Waals surface area contributed by atoms with Crippen LogP contribution in [0.2, 0.25) is 0 Å². The molecule has 0 amide bonds. The lowest BCUT2D eigenvalue weighted by Gasteiger charge is -2.37. The van der Waals surface area contributed by atoms with Gasteiger partial charge in [0.05, 0.1) is 0 Å². The number of carbonyl (C=O) groups is 1. The second kappa shape index (κ2) is 4.24. The Kier molecular flexibility index (Phi) is 2.67. The first-order chi connectivity index (χ1) is 9.10. The third-order valence-corrected chi connectivity index (χ3v) is 3.86. The normalized spacial score (nSPS) is 18.7. The molecule has 0 aliphatic carbocycles. The number of aromatic amines is 1. The van der Waals surface area contributed by atoms with Crippen LogP contribution in [0.3, 0.4) is 0 Å². The Balaban J connectivity index is 1.86. The van der Waals surface area contributed by atoms with Crippen molar-refractivity contribution in [2.45, 2.75) is 18.4 Å². The number of carboxylic acid groups (broad SMARTS) is 1. The predicted molar refractivity (Wildman–Crippen MR) is 72.1 cm³/mol. The summed E-state index contributed by atoms with van der Waals surface area (Å²) >= 11 is 0. The molecular weight excluding hydrogens is 244 g/mol. The molecule has 0 spiro atoms. The van der Waals surface area contributed by atoms with Gasteiger partial charge in [-0.2, -0.15) is 0 Å². The number of rotatable bonds is 2. The molecule has 0 saturated carbocycles. The third-order valence-electron chi connectivity index (χ3n) is 3.86. The van der Waals surface area contributed by atoms with E-state index in [2.05, 4.69) is 14.9 Å². The minimum atomic E-state index is -1.08. The maximum absolute atomic E-state index is 11.1. The molecule has 3 heterocycles. The van der Waals surface area contributed by atoms with Crippen LogP contribution in [0.4, 0.5) is 5.69 Å². The Bertz CT molecular complexity index is 614. The van der Waals surface area contributed by atoms with Gasteiger partial charge in [0.2, 0.25) is 0 Å². The van der Waals surface area contributed by atoms with Crippen molar-refractivity contribution >= 4 is 22.7 Å². The van der Waals surface area contributed by atoms with Crippen LogP contribution >= 0.6 is 0 Å². The largest absolute Gasteiger partial charge is 0.480 e. The summed E-state index contributed by atoms with van der Waals surface area (Å²) in [4.78, 5) is 20.6. The van der Waals surface area contributed by atoms with E-state index in [4.69, 9.17) is 10.8 Å². The van der Waals surface area contributed by atoms with Crippen LogP contribution in [0.5, 0.6) is 0 Å². The van der Waals surface area contributed by atoms with Crippen molar-refractivity contribution in [2.24, 2.45) is 5.73 Å². The zero-order valence-corrected chi connectivity index (χ0v) is 10.5. The molecule has 0 radical (unpaired) electrons. The molecule has 1 saturated heterocycles. The van der Waals surface area contributed by atoms with Crippen LogP contribution in [0.1, 0.15) is 12.8 Å². The van der Waals surface area contributed by atoms with Gasteiger partial charge in [-0.05, 0) is 25.0 Å². The van der Waals surface area contributed by atoms with E-state index in [0.29, 0.717) is 25.9 Å². The quantitative estimate of drug-likeness (QED) is 0.747. The monoisotopic (exact) mass is 260 g/mol. The number of aromatic nitrogens is 2. The molecule has 2 aromatic heterocycles. The van der Waals surface area contributed by atoms with Gasteiger partial charge in [-0.1, -0.05) is 0 Å². The lowest BCUT2D eigenvalue weighted by molar-refractivity contribution is -0.144. The van der Waals surface area contributed by atoms with Crippen molar-refractivity contribution in [1.29, 1.82) is 0 Å². The smallest absolute Gasteiger partial charge is 0.323 e. The molecule has 1 aliphatic rings. The molecule has 2 aromatic rings. The van der Waals surface area contributed by atoms with Crippen molar-refractivity contribution < 1.29 is 9.90 Å². The molecule has 6 heteroatoms. The summed E-state index contributed by atoms with van der Waals surface area (Å²) in [6, 6.07) is 3.94. The van der Waals surface area contributed by atoms with Gasteiger partial charge in [0.15, 0.2) is 0 Å². The zero-order chi connectivity index (χ0) is 13.5. The van der Waals surface area contributed by atoms with Crippen LogP contribution in [0.25, 0.3) is 11.0 Å². The van der Waals surface area contributed by atoms with Gasteiger partial charge in [-0.3, -0.25) is 4.79 Å². The van der Waals surface area contributed by atoms with E-state index in [1.807, 2.05) is 18.3 Å². The van der Waals surface area contributed by atoms with Crippen LogP contribution in [-0.2, 0) is 4.79 Å². The first kappa shape index (κ1) is 12.0. The molecule has 1 aliphatic heterocycles. The highest BCUT2D eigenvalue weighted by Crippen LogP contribution is 2.29. The topological polar surface area (TPSA) is 95.2 Å². The number of aliphatic carboxylic acids is 1. The molecule has 0 bridgehead atoms. The van der Waals surface area contributed by atoms with Crippen molar-refractivity contribution in [3.8, 4) is 0 Å². The van der Waals surface area contributed by atoms with E-state index >= 15 is 0 Å². The first-order valence-corrected chi connectivity index (χ1v) is 6.29. The van der Waals surface area contributed by atoms with E-state index in [1.165, 1.54) is 0 Å². The zero-order valence-electron chi connectivity index (χ0n) is 10.5. The summed E-state index contributed by atoms with van der Waals surface area (Å²) in [6.07, 6.45) is 4.53. The summed E-state index contributed by atoms with van der Waals surface area (Å²) in [5.41, 5.74) is 6.74. The minimum absolute atomic E-state index is 0.455. The average Bonchev–Trinajstić information content (AvgIpc) is 2.87. The summed E-state index contributed by atoms with van der Waals surface area (Å²) in [7, 11) is 0. The number of hydrogen-bond acceptors (Lipinski definition) is 4. The SMILES string of the molecule is NC1(C(=O)O)CCN(c2ccnc3[nH]ccc23)CC1. The number of piperidine rings is 1. The molecule has 0 unspecified atom stereocenters. The Morgan fingerprint density at radius 3 is 2.84 bits per heavy atom. The summed E-state index contributed by atoms with van der Waals surface area (Å²) in [5.74, 6) is -0.909. The van der Waals surface area contributed by atoms with Gasteiger partial charge in [0.1, 0.15) is 11.2 Å². The summed E-state index contributed by atoms with van der Waals surface area (Å²) in [5, 5.41) is 10.2. The predicted octanol–water partition coefficient (Wildman–Crippen LogP) is 0.945. The number of anilines is 1. The maximum Gasteiger partial charge on any atom is 0.323 e. The van der Waals surface area contributed by atoms with Crippen molar-refractivity contribution in [3.05, 3.63) is 24.5 Å². The molecule has 19 heavy (non-hydrogen) atoms. The highest BCUT2D eigenvalue weighted by Gasteiger charge is 2.37. The van der Waals surface area contributed by atoms with E-state index in [9.17, 15) is 4.79 Å². The fourth-order valence-corrected chi connectivity index (χ4v) is 2.58. The molecule has 4 N–H and O–H groups in total. The standard InChI is InChI=1S/C13H16N4O2/c14-13(12(18)19)3-7-17(8-4-13)10-2-6-16-11-9(10)1-5-15-11/h1-2,5-6H,3-4,7-8,14H2,(H,15,16)(H,18,19). The number of fused-ring (bicyclic) bond motifs is 1. The van der Waals surface area contributed by atoms with E-state index in [0.717, 1.165) is 16.7 Å². The number of nitrogens with two attached hydrogens (primary N) is 1. The second-order valence-electron chi connectivity index (χ2n) is 5.02.